The predicted octanol–water partition coefficient (Wildman–Crippen LogP) is 6.24. The molecule has 1 aromatic heterocycles. The van der Waals surface area contributed by atoms with Gasteiger partial charge in [-0.15, -0.1) is 5.11 Å². The van der Waals surface area contributed by atoms with Gasteiger partial charge < -0.3 is 15.0 Å². The van der Waals surface area contributed by atoms with Crippen LogP contribution in [-0.2, 0) is 6.54 Å². The Morgan fingerprint density at radius 2 is 1.78 bits per heavy atom. The van der Waals surface area contributed by atoms with Gasteiger partial charge in [-0.1, -0.05) is 67.7 Å². The average Bonchev–Trinajstić information content (AvgIpc) is 2.95. The minimum atomic E-state index is -0.583. The molecule has 0 radical (unpaired) electrons. The molecule has 140 valence electrons. The number of fused-ring (bicyclic) bond motifs is 1. The molecule has 0 unspecified atom stereocenters. The van der Waals surface area contributed by atoms with E-state index >= 15 is 0 Å². The van der Waals surface area contributed by atoms with E-state index in [1.54, 1.807) is 12.1 Å². The van der Waals surface area contributed by atoms with E-state index in [-0.39, 0.29) is 5.88 Å². The standard InChI is InChI=1S/C21H24N4O2/c1-2-3-4-10-15-25-18-14-9-8-13-17(18)19(20(25)26)23-24-21(27)22-16-11-6-5-7-12-16/h5-9,11-14,26H,2-4,10,15H2,1H3,(H,22,27). The van der Waals surface area contributed by atoms with Gasteiger partial charge in [-0.3, -0.25) is 0 Å². The summed E-state index contributed by atoms with van der Waals surface area (Å²) in [7, 11) is 0. The summed E-state index contributed by atoms with van der Waals surface area (Å²) in [6.07, 6.45) is 4.42. The highest BCUT2D eigenvalue weighted by atomic mass is 16.3. The first-order chi connectivity index (χ1) is 13.2. The summed E-state index contributed by atoms with van der Waals surface area (Å²) in [6, 6.07) is 16.1. The molecule has 0 aliphatic carbocycles. The fourth-order valence-electron chi connectivity index (χ4n) is 3.06. The summed E-state index contributed by atoms with van der Waals surface area (Å²) in [5.74, 6) is 0.0453. The summed E-state index contributed by atoms with van der Waals surface area (Å²) in [6.45, 7) is 2.87. The van der Waals surface area contributed by atoms with E-state index in [1.807, 2.05) is 47.0 Å². The second-order valence-corrected chi connectivity index (χ2v) is 6.40. The van der Waals surface area contributed by atoms with Crippen LogP contribution in [-0.4, -0.2) is 15.7 Å². The molecule has 0 atom stereocenters. The van der Waals surface area contributed by atoms with Crippen molar-refractivity contribution in [3.63, 3.8) is 0 Å². The van der Waals surface area contributed by atoms with E-state index in [1.165, 1.54) is 6.42 Å². The van der Waals surface area contributed by atoms with Crippen LogP contribution in [0, 0.1) is 0 Å². The molecule has 2 amide bonds. The Kier molecular flexibility index (Phi) is 6.20. The van der Waals surface area contributed by atoms with Crippen molar-refractivity contribution < 1.29 is 9.90 Å². The summed E-state index contributed by atoms with van der Waals surface area (Å²) < 4.78 is 1.84. The lowest BCUT2D eigenvalue weighted by Gasteiger charge is -2.06. The van der Waals surface area contributed by atoms with Gasteiger partial charge >= 0.3 is 6.03 Å². The lowest BCUT2D eigenvalue weighted by molar-refractivity contribution is 0.258. The van der Waals surface area contributed by atoms with Gasteiger partial charge in [0.2, 0.25) is 5.88 Å². The molecule has 3 aromatic rings. The third kappa shape index (κ3) is 4.53. The molecule has 0 saturated carbocycles. The molecule has 0 spiro atoms. The quantitative estimate of drug-likeness (QED) is 0.384. The third-order valence-corrected chi connectivity index (χ3v) is 4.42. The van der Waals surface area contributed by atoms with Crippen LogP contribution < -0.4 is 5.32 Å². The van der Waals surface area contributed by atoms with Crippen LogP contribution in [0.25, 0.3) is 10.9 Å². The van der Waals surface area contributed by atoms with Crippen LogP contribution in [0.5, 0.6) is 5.88 Å². The molecule has 27 heavy (non-hydrogen) atoms. The van der Waals surface area contributed by atoms with Crippen LogP contribution in [0.1, 0.15) is 32.6 Å². The SMILES string of the molecule is CCCCCCn1c(O)c(N=NC(=O)Nc2ccccc2)c2ccccc21. The molecule has 0 bridgehead atoms. The molecule has 0 fully saturated rings. The van der Waals surface area contributed by atoms with E-state index in [2.05, 4.69) is 22.5 Å². The molecular weight excluding hydrogens is 340 g/mol. The number of urea groups is 1. The number of amides is 2. The maximum Gasteiger partial charge on any atom is 0.364 e. The van der Waals surface area contributed by atoms with Gasteiger partial charge in [0.15, 0.2) is 5.69 Å². The van der Waals surface area contributed by atoms with Crippen molar-refractivity contribution in [2.75, 3.05) is 5.32 Å². The number of nitrogens with one attached hydrogen (secondary N) is 1. The van der Waals surface area contributed by atoms with Gasteiger partial charge in [0.1, 0.15) is 0 Å². The number of carbonyl (C=O) groups is 1. The first-order valence-electron chi connectivity index (χ1n) is 9.28. The summed E-state index contributed by atoms with van der Waals surface area (Å²) in [5.41, 5.74) is 1.86. The van der Waals surface area contributed by atoms with Gasteiger partial charge in [-0.25, -0.2) is 4.79 Å². The number of benzene rings is 2. The minimum Gasteiger partial charge on any atom is -0.493 e. The van der Waals surface area contributed by atoms with Crippen molar-refractivity contribution in [2.24, 2.45) is 10.2 Å². The van der Waals surface area contributed by atoms with E-state index < -0.39 is 6.03 Å². The highest BCUT2D eigenvalue weighted by molar-refractivity contribution is 5.96. The highest BCUT2D eigenvalue weighted by Crippen LogP contribution is 2.39. The molecule has 3 rings (SSSR count). The summed E-state index contributed by atoms with van der Waals surface area (Å²) >= 11 is 0. The number of nitrogens with zero attached hydrogens (tertiary/aromatic N) is 3. The van der Waals surface area contributed by atoms with E-state index in [0.717, 1.165) is 30.2 Å². The lowest BCUT2D eigenvalue weighted by atomic mass is 10.2. The van der Waals surface area contributed by atoms with Gasteiger partial charge in [0.05, 0.1) is 5.52 Å². The van der Waals surface area contributed by atoms with Crippen LogP contribution in [0.15, 0.2) is 64.8 Å². The van der Waals surface area contributed by atoms with Crippen molar-refractivity contribution >= 4 is 28.3 Å². The van der Waals surface area contributed by atoms with Crippen molar-refractivity contribution in [1.82, 2.24) is 4.57 Å². The van der Waals surface area contributed by atoms with Crippen LogP contribution >= 0.6 is 0 Å². The number of hydrogen-bond donors (Lipinski definition) is 2. The van der Waals surface area contributed by atoms with Crippen molar-refractivity contribution in [3.05, 3.63) is 54.6 Å². The number of aromatic nitrogens is 1. The van der Waals surface area contributed by atoms with E-state index in [4.69, 9.17) is 0 Å². The average molecular weight is 364 g/mol. The fraction of sp³-hybridized carbons (Fsp3) is 0.286. The van der Waals surface area contributed by atoms with Crippen LogP contribution in [0.3, 0.4) is 0 Å². The Morgan fingerprint density at radius 3 is 2.56 bits per heavy atom. The Morgan fingerprint density at radius 1 is 1.04 bits per heavy atom. The molecular formula is C21H24N4O2. The van der Waals surface area contributed by atoms with E-state index in [0.29, 0.717) is 17.9 Å². The Labute approximate surface area is 158 Å². The van der Waals surface area contributed by atoms with Crippen LogP contribution in [0.4, 0.5) is 16.2 Å². The zero-order chi connectivity index (χ0) is 19.1. The Hall–Kier alpha value is -3.15. The van der Waals surface area contributed by atoms with E-state index in [9.17, 15) is 9.90 Å². The van der Waals surface area contributed by atoms with Crippen molar-refractivity contribution in [1.29, 1.82) is 0 Å². The lowest BCUT2D eigenvalue weighted by Crippen LogP contribution is -2.04. The molecule has 6 nitrogen and oxygen atoms in total. The van der Waals surface area contributed by atoms with Crippen LogP contribution in [0.2, 0.25) is 0 Å². The number of hydrogen-bond acceptors (Lipinski definition) is 3. The predicted molar refractivity (Wildman–Crippen MR) is 108 cm³/mol. The van der Waals surface area contributed by atoms with Gasteiger partial charge in [-0.2, -0.15) is 0 Å². The maximum atomic E-state index is 12.0. The molecule has 6 heteroatoms. The normalized spacial score (nSPS) is 11.3. The largest absolute Gasteiger partial charge is 0.493 e. The molecule has 0 aliphatic heterocycles. The number of aryl methyl sites for hydroxylation is 1. The van der Waals surface area contributed by atoms with Gasteiger partial charge in [-0.05, 0) is 24.6 Å². The number of para-hydroxylation sites is 2. The maximum absolute atomic E-state index is 12.0. The molecule has 1 heterocycles. The monoisotopic (exact) mass is 364 g/mol. The zero-order valence-electron chi connectivity index (χ0n) is 15.4. The number of anilines is 1. The number of azo groups is 1. The van der Waals surface area contributed by atoms with Gasteiger partial charge in [0.25, 0.3) is 0 Å². The fourth-order valence-corrected chi connectivity index (χ4v) is 3.06. The third-order valence-electron chi connectivity index (χ3n) is 4.42. The second-order valence-electron chi connectivity index (χ2n) is 6.40. The summed E-state index contributed by atoms with van der Waals surface area (Å²) in [4.78, 5) is 12.0. The highest BCUT2D eigenvalue weighted by Gasteiger charge is 2.16. The number of carbonyl (C=O) groups excluding carboxylic acids is 1. The first kappa shape index (κ1) is 18.6. The van der Waals surface area contributed by atoms with Crippen molar-refractivity contribution in [3.8, 4) is 5.88 Å². The topological polar surface area (TPSA) is 79.0 Å². The van der Waals surface area contributed by atoms with Crippen molar-refractivity contribution in [2.45, 2.75) is 39.2 Å². The molecule has 2 aromatic carbocycles. The number of unbranched alkanes of at least 4 members (excludes halogenated alkanes) is 3. The Bertz CT molecular complexity index is 932. The Balaban J connectivity index is 1.81. The molecule has 0 aliphatic rings. The first-order valence-corrected chi connectivity index (χ1v) is 9.28. The number of rotatable bonds is 7. The smallest absolute Gasteiger partial charge is 0.364 e. The minimum absolute atomic E-state index is 0.0453. The zero-order valence-corrected chi connectivity index (χ0v) is 15.4. The second kappa shape index (κ2) is 8.98. The summed E-state index contributed by atoms with van der Waals surface area (Å²) in [5, 5.41) is 21.8. The van der Waals surface area contributed by atoms with Gasteiger partial charge in [0, 0.05) is 17.6 Å². The molecule has 0 saturated heterocycles. The number of aromatic hydroxyl groups is 1. The molecule has 2 N–H and O–H groups in total.